The van der Waals surface area contributed by atoms with E-state index in [1.54, 1.807) is 0 Å². The van der Waals surface area contributed by atoms with Gasteiger partial charge in [-0.05, 0) is 45.1 Å². The number of hydrogen-bond donors (Lipinski definition) is 1. The van der Waals surface area contributed by atoms with E-state index in [1.165, 1.54) is 51.4 Å². The molecule has 1 rings (SSSR count). The second-order valence-electron chi connectivity index (χ2n) is 5.52. The average molecular weight is 241 g/mol. The van der Waals surface area contributed by atoms with E-state index in [0.717, 1.165) is 12.5 Å². The molecule has 17 heavy (non-hydrogen) atoms. The lowest BCUT2D eigenvalue weighted by atomic mass is 9.92. The highest BCUT2D eigenvalue weighted by Crippen LogP contribution is 2.23. The Morgan fingerprint density at radius 3 is 2.76 bits per heavy atom. The molecule has 0 spiro atoms. The summed E-state index contributed by atoms with van der Waals surface area (Å²) in [4.78, 5) is 0. The van der Waals surface area contributed by atoms with Crippen LogP contribution in [-0.4, -0.2) is 25.8 Å². The molecule has 0 aromatic heterocycles. The molecule has 2 heteroatoms. The van der Waals surface area contributed by atoms with E-state index in [-0.39, 0.29) is 0 Å². The highest BCUT2D eigenvalue weighted by atomic mass is 16.5. The van der Waals surface area contributed by atoms with Crippen molar-refractivity contribution in [2.24, 2.45) is 5.92 Å². The van der Waals surface area contributed by atoms with Crippen LogP contribution >= 0.6 is 0 Å². The molecule has 1 aliphatic carbocycles. The summed E-state index contributed by atoms with van der Waals surface area (Å²) in [6.45, 7) is 5.55. The fourth-order valence-corrected chi connectivity index (χ4v) is 2.73. The Hall–Kier alpha value is -0.0800. The van der Waals surface area contributed by atoms with Crippen molar-refractivity contribution in [2.75, 3.05) is 13.7 Å². The Labute approximate surface area is 108 Å². The predicted octanol–water partition coefficient (Wildman–Crippen LogP) is 3.75. The van der Waals surface area contributed by atoms with Gasteiger partial charge in [-0.3, -0.25) is 0 Å². The van der Waals surface area contributed by atoms with E-state index in [4.69, 9.17) is 4.74 Å². The number of unbranched alkanes of at least 4 members (excludes halogenated alkanes) is 1. The number of ether oxygens (including phenoxy) is 1. The first-order valence-corrected chi connectivity index (χ1v) is 7.59. The second-order valence-corrected chi connectivity index (χ2v) is 5.52. The second kappa shape index (κ2) is 8.93. The Bertz CT molecular complexity index is 184. The molecule has 3 atom stereocenters. The fourth-order valence-electron chi connectivity index (χ4n) is 2.73. The maximum absolute atomic E-state index is 6.13. The molecule has 0 bridgehead atoms. The van der Waals surface area contributed by atoms with Gasteiger partial charge in [-0.2, -0.15) is 0 Å². The lowest BCUT2D eigenvalue weighted by Gasteiger charge is -2.30. The molecular formula is C15H31NO. The van der Waals surface area contributed by atoms with Crippen molar-refractivity contribution < 1.29 is 4.74 Å². The molecule has 1 N–H and O–H groups in total. The standard InChI is InChI=1S/C15H31NO/c1-4-6-8-13(5-2)12-17-15-10-7-9-14(11-15)16-3/h13-16H,4-12H2,1-3H3. The summed E-state index contributed by atoms with van der Waals surface area (Å²) < 4.78 is 6.13. The summed E-state index contributed by atoms with van der Waals surface area (Å²) in [6.07, 6.45) is 10.9. The van der Waals surface area contributed by atoms with Gasteiger partial charge in [0.15, 0.2) is 0 Å². The summed E-state index contributed by atoms with van der Waals surface area (Å²) in [5.74, 6) is 0.782. The van der Waals surface area contributed by atoms with Crippen LogP contribution in [-0.2, 0) is 4.74 Å². The van der Waals surface area contributed by atoms with Crippen LogP contribution in [0.2, 0.25) is 0 Å². The highest BCUT2D eigenvalue weighted by Gasteiger charge is 2.21. The smallest absolute Gasteiger partial charge is 0.0590 e. The maximum Gasteiger partial charge on any atom is 0.0590 e. The van der Waals surface area contributed by atoms with Crippen LogP contribution in [0.3, 0.4) is 0 Å². The van der Waals surface area contributed by atoms with E-state index < -0.39 is 0 Å². The molecule has 102 valence electrons. The van der Waals surface area contributed by atoms with Crippen molar-refractivity contribution in [1.29, 1.82) is 0 Å². The van der Waals surface area contributed by atoms with Gasteiger partial charge in [0.25, 0.3) is 0 Å². The topological polar surface area (TPSA) is 21.3 Å². The summed E-state index contributed by atoms with van der Waals surface area (Å²) in [6, 6.07) is 0.685. The molecule has 0 amide bonds. The van der Waals surface area contributed by atoms with Gasteiger partial charge in [-0.15, -0.1) is 0 Å². The molecule has 0 radical (unpaired) electrons. The minimum Gasteiger partial charge on any atom is -0.378 e. The van der Waals surface area contributed by atoms with Crippen molar-refractivity contribution in [3.8, 4) is 0 Å². The zero-order valence-electron chi connectivity index (χ0n) is 12.0. The SMILES string of the molecule is CCCCC(CC)COC1CCCC(NC)C1. The van der Waals surface area contributed by atoms with E-state index in [0.29, 0.717) is 12.1 Å². The van der Waals surface area contributed by atoms with Crippen LogP contribution in [0.4, 0.5) is 0 Å². The first kappa shape index (κ1) is 15.0. The third kappa shape index (κ3) is 5.87. The van der Waals surface area contributed by atoms with Gasteiger partial charge < -0.3 is 10.1 Å². The Kier molecular flexibility index (Phi) is 7.87. The highest BCUT2D eigenvalue weighted by molar-refractivity contribution is 4.77. The van der Waals surface area contributed by atoms with Crippen LogP contribution < -0.4 is 5.32 Å². The first-order chi connectivity index (χ1) is 8.30. The van der Waals surface area contributed by atoms with Crippen LogP contribution in [0.25, 0.3) is 0 Å². The van der Waals surface area contributed by atoms with Crippen molar-refractivity contribution in [3.63, 3.8) is 0 Å². The molecule has 1 saturated carbocycles. The van der Waals surface area contributed by atoms with Crippen LogP contribution in [0.5, 0.6) is 0 Å². The van der Waals surface area contributed by atoms with Gasteiger partial charge in [0.2, 0.25) is 0 Å². The van der Waals surface area contributed by atoms with E-state index >= 15 is 0 Å². The largest absolute Gasteiger partial charge is 0.378 e. The number of nitrogens with one attached hydrogen (secondary N) is 1. The fraction of sp³-hybridized carbons (Fsp3) is 1.00. The third-order valence-corrected chi connectivity index (χ3v) is 4.15. The molecule has 0 saturated heterocycles. The van der Waals surface area contributed by atoms with Crippen molar-refractivity contribution in [3.05, 3.63) is 0 Å². The number of hydrogen-bond acceptors (Lipinski definition) is 2. The Balaban J connectivity index is 2.18. The minimum absolute atomic E-state index is 0.511. The summed E-state index contributed by atoms with van der Waals surface area (Å²) >= 11 is 0. The van der Waals surface area contributed by atoms with E-state index in [1.807, 2.05) is 0 Å². The predicted molar refractivity (Wildman–Crippen MR) is 74.4 cm³/mol. The Morgan fingerprint density at radius 1 is 1.29 bits per heavy atom. The summed E-state index contributed by atoms with van der Waals surface area (Å²) in [5, 5.41) is 3.39. The third-order valence-electron chi connectivity index (χ3n) is 4.15. The molecule has 1 aliphatic rings. The molecule has 3 unspecified atom stereocenters. The zero-order chi connectivity index (χ0) is 12.5. The molecule has 0 aliphatic heterocycles. The maximum atomic E-state index is 6.13. The Morgan fingerprint density at radius 2 is 2.12 bits per heavy atom. The van der Waals surface area contributed by atoms with Crippen LogP contribution in [0.15, 0.2) is 0 Å². The normalized spacial score (nSPS) is 27.0. The van der Waals surface area contributed by atoms with E-state index in [2.05, 4.69) is 26.2 Å². The molecule has 0 aromatic rings. The van der Waals surface area contributed by atoms with Gasteiger partial charge in [-0.1, -0.05) is 33.1 Å². The van der Waals surface area contributed by atoms with Crippen LogP contribution in [0.1, 0.15) is 65.2 Å². The minimum atomic E-state index is 0.511. The molecular weight excluding hydrogens is 210 g/mol. The van der Waals surface area contributed by atoms with Gasteiger partial charge in [0, 0.05) is 12.6 Å². The van der Waals surface area contributed by atoms with Gasteiger partial charge in [-0.25, -0.2) is 0 Å². The molecule has 0 heterocycles. The molecule has 0 aromatic carbocycles. The van der Waals surface area contributed by atoms with Gasteiger partial charge in [0.1, 0.15) is 0 Å². The van der Waals surface area contributed by atoms with Gasteiger partial charge in [0.05, 0.1) is 6.10 Å². The molecule has 1 fully saturated rings. The van der Waals surface area contributed by atoms with Crippen molar-refractivity contribution in [1.82, 2.24) is 5.32 Å². The van der Waals surface area contributed by atoms with Gasteiger partial charge >= 0.3 is 0 Å². The first-order valence-electron chi connectivity index (χ1n) is 7.59. The lowest BCUT2D eigenvalue weighted by Crippen LogP contribution is -2.35. The van der Waals surface area contributed by atoms with Crippen LogP contribution in [0, 0.1) is 5.92 Å². The quantitative estimate of drug-likeness (QED) is 0.699. The lowest BCUT2D eigenvalue weighted by molar-refractivity contribution is -0.00129. The van der Waals surface area contributed by atoms with Crippen molar-refractivity contribution in [2.45, 2.75) is 77.4 Å². The number of rotatable bonds is 8. The van der Waals surface area contributed by atoms with E-state index in [9.17, 15) is 0 Å². The molecule has 2 nitrogen and oxygen atoms in total. The summed E-state index contributed by atoms with van der Waals surface area (Å²) in [5.41, 5.74) is 0. The summed E-state index contributed by atoms with van der Waals surface area (Å²) in [7, 11) is 2.07. The average Bonchev–Trinajstić information content (AvgIpc) is 2.39. The zero-order valence-corrected chi connectivity index (χ0v) is 12.0. The monoisotopic (exact) mass is 241 g/mol. The van der Waals surface area contributed by atoms with Crippen molar-refractivity contribution >= 4 is 0 Å².